The molecular weight excluding hydrogens is 354 g/mol. The summed E-state index contributed by atoms with van der Waals surface area (Å²) < 4.78 is 0. The van der Waals surface area contributed by atoms with Crippen molar-refractivity contribution in [2.75, 3.05) is 23.4 Å². The fraction of sp³-hybridized carbons (Fsp3) is 0.385. The van der Waals surface area contributed by atoms with Gasteiger partial charge >= 0.3 is 0 Å². The number of hydrogen-bond acceptors (Lipinski definition) is 3. The van der Waals surface area contributed by atoms with Crippen molar-refractivity contribution in [3.05, 3.63) is 77.3 Å². The maximum atomic E-state index is 6.39. The van der Waals surface area contributed by atoms with Gasteiger partial charge in [-0.25, -0.2) is 0 Å². The molecule has 0 aromatic heterocycles. The van der Waals surface area contributed by atoms with Gasteiger partial charge in [-0.1, -0.05) is 31.7 Å². The van der Waals surface area contributed by atoms with Crippen LogP contribution in [0.5, 0.6) is 0 Å². The molecule has 4 rings (SSSR count). The second-order valence-corrected chi connectivity index (χ2v) is 8.25. The van der Waals surface area contributed by atoms with Crippen LogP contribution in [0.4, 0.5) is 11.4 Å². The van der Waals surface area contributed by atoms with E-state index in [2.05, 4.69) is 79.8 Å². The van der Waals surface area contributed by atoms with Crippen molar-refractivity contribution < 1.29 is 0 Å². The highest BCUT2D eigenvalue weighted by Crippen LogP contribution is 2.49. The predicted molar refractivity (Wildman–Crippen MR) is 126 cm³/mol. The molecule has 2 aliphatic carbocycles. The molecule has 0 atom stereocenters. The van der Waals surface area contributed by atoms with Crippen molar-refractivity contribution in [2.45, 2.75) is 46.0 Å². The third-order valence-electron chi connectivity index (χ3n) is 6.22. The zero-order chi connectivity index (χ0) is 20.5. The minimum atomic E-state index is 0.690. The molecule has 0 unspecified atom stereocenters. The lowest BCUT2D eigenvalue weighted by molar-refractivity contribution is 0.912. The van der Waals surface area contributed by atoms with E-state index in [4.69, 9.17) is 5.73 Å². The lowest BCUT2D eigenvalue weighted by atomic mass is 9.93. The van der Waals surface area contributed by atoms with Gasteiger partial charge in [0.2, 0.25) is 0 Å². The van der Waals surface area contributed by atoms with Crippen LogP contribution < -0.4 is 15.5 Å². The van der Waals surface area contributed by atoms with E-state index in [1.165, 1.54) is 46.6 Å². The fourth-order valence-corrected chi connectivity index (χ4v) is 4.49. The Hall–Kier alpha value is -2.68. The lowest BCUT2D eigenvalue weighted by Gasteiger charge is -2.33. The molecule has 0 bridgehead atoms. The fourth-order valence-electron chi connectivity index (χ4n) is 4.49. The van der Waals surface area contributed by atoms with Crippen LogP contribution in [0.1, 0.15) is 51.5 Å². The average molecular weight is 388 g/mol. The Morgan fingerprint density at radius 3 is 2.76 bits per heavy atom. The summed E-state index contributed by atoms with van der Waals surface area (Å²) in [6, 6.07) is 6.86. The van der Waals surface area contributed by atoms with Gasteiger partial charge in [0.25, 0.3) is 0 Å². The number of anilines is 2. The summed E-state index contributed by atoms with van der Waals surface area (Å²) in [6.07, 6.45) is 14.5. The van der Waals surface area contributed by atoms with Crippen LogP contribution in [0.15, 0.2) is 71.7 Å². The molecule has 0 radical (unpaired) electrons. The molecule has 1 heterocycles. The van der Waals surface area contributed by atoms with Crippen LogP contribution in [-0.4, -0.2) is 13.6 Å². The molecule has 3 heteroatoms. The number of allylic oxidation sites excluding steroid dienone is 6. The first-order chi connectivity index (χ1) is 14.0. The van der Waals surface area contributed by atoms with Crippen LogP contribution in [0.2, 0.25) is 0 Å². The Balaban J connectivity index is 1.76. The quantitative estimate of drug-likeness (QED) is 0.637. The van der Waals surface area contributed by atoms with Gasteiger partial charge in [-0.3, -0.25) is 0 Å². The molecule has 3 aliphatic rings. The van der Waals surface area contributed by atoms with Gasteiger partial charge in [-0.15, -0.1) is 0 Å². The largest absolute Gasteiger partial charge is 0.401 e. The highest BCUT2D eigenvalue weighted by molar-refractivity contribution is 5.88. The molecule has 3 nitrogen and oxygen atoms in total. The number of likely N-dealkylation sites (N-methyl/N-ethyl adjacent to an activating group) is 2. The smallest absolute Gasteiger partial charge is 0.0488 e. The molecule has 1 aliphatic heterocycles. The van der Waals surface area contributed by atoms with E-state index in [-0.39, 0.29) is 0 Å². The van der Waals surface area contributed by atoms with Crippen LogP contribution in [0, 0.1) is 5.92 Å². The van der Waals surface area contributed by atoms with Gasteiger partial charge < -0.3 is 15.5 Å². The van der Waals surface area contributed by atoms with Crippen molar-refractivity contribution >= 4 is 16.9 Å². The average Bonchev–Trinajstić information content (AvgIpc) is 3.56. The minimum Gasteiger partial charge on any atom is -0.401 e. The second-order valence-electron chi connectivity index (χ2n) is 8.25. The number of rotatable bonds is 6. The topological polar surface area (TPSA) is 32.5 Å². The first-order valence-corrected chi connectivity index (χ1v) is 11.0. The van der Waals surface area contributed by atoms with Crippen molar-refractivity contribution in [2.24, 2.45) is 11.7 Å². The molecule has 29 heavy (non-hydrogen) atoms. The van der Waals surface area contributed by atoms with Gasteiger partial charge in [0, 0.05) is 53.2 Å². The summed E-state index contributed by atoms with van der Waals surface area (Å²) in [7, 11) is 2.16. The molecule has 1 aromatic rings. The number of fused-ring (bicyclic) bond motifs is 1. The maximum Gasteiger partial charge on any atom is 0.0488 e. The Kier molecular flexibility index (Phi) is 5.40. The Morgan fingerprint density at radius 1 is 1.31 bits per heavy atom. The lowest BCUT2D eigenvalue weighted by Crippen LogP contribution is -2.25. The summed E-state index contributed by atoms with van der Waals surface area (Å²) in [4.78, 5) is 4.62. The summed E-state index contributed by atoms with van der Waals surface area (Å²) in [5.74, 6) is 0.690. The summed E-state index contributed by atoms with van der Waals surface area (Å²) in [5, 5.41) is 0. The zero-order valence-electron chi connectivity index (χ0n) is 18.0. The van der Waals surface area contributed by atoms with E-state index < -0.39 is 0 Å². The number of hydrogen-bond donors (Lipinski definition) is 1. The van der Waals surface area contributed by atoms with Gasteiger partial charge in [-0.05, 0) is 74.8 Å². The van der Waals surface area contributed by atoms with Crippen LogP contribution in [0.25, 0.3) is 5.57 Å². The molecule has 152 valence electrons. The molecule has 1 saturated carbocycles. The van der Waals surface area contributed by atoms with Crippen LogP contribution in [0.3, 0.4) is 0 Å². The van der Waals surface area contributed by atoms with Crippen molar-refractivity contribution in [1.82, 2.24) is 0 Å². The normalized spacial score (nSPS) is 19.4. The van der Waals surface area contributed by atoms with Gasteiger partial charge in [-0.2, -0.15) is 0 Å². The SMILES string of the molecule is C=C1C=C(C2CC2)c2cc(N(C)/C(=C/CC)C3=C(N)CCC=C3)ccc2N1CC. The third kappa shape index (κ3) is 3.66. The minimum absolute atomic E-state index is 0.690. The highest BCUT2D eigenvalue weighted by atomic mass is 15.1. The Labute approximate surface area is 175 Å². The number of nitrogens with zero attached hydrogens (tertiary/aromatic N) is 2. The molecular formula is C26H33N3. The Bertz CT molecular complexity index is 941. The summed E-state index contributed by atoms with van der Waals surface area (Å²) >= 11 is 0. The van der Waals surface area contributed by atoms with E-state index in [0.29, 0.717) is 5.92 Å². The highest BCUT2D eigenvalue weighted by Gasteiger charge is 2.32. The number of nitrogens with two attached hydrogens (primary N) is 1. The van der Waals surface area contributed by atoms with E-state index in [0.717, 1.165) is 37.2 Å². The van der Waals surface area contributed by atoms with E-state index >= 15 is 0 Å². The van der Waals surface area contributed by atoms with Crippen molar-refractivity contribution in [1.29, 1.82) is 0 Å². The second kappa shape index (κ2) is 7.98. The summed E-state index contributed by atoms with van der Waals surface area (Å²) in [5.41, 5.74) is 16.2. The standard InChI is InChI=1S/C26H33N3/c1-5-9-25(21-10-7-8-11-24(21)27)28(4)20-14-15-26-23(17-20)22(19-12-13-19)16-18(3)29(26)6-2/h7,9-10,14-17,19H,3,5-6,8,11-13,27H2,1-2,4H3/b25-9+. The first-order valence-electron chi connectivity index (χ1n) is 11.0. The van der Waals surface area contributed by atoms with E-state index in [9.17, 15) is 0 Å². The van der Waals surface area contributed by atoms with Gasteiger partial charge in [0.15, 0.2) is 0 Å². The third-order valence-corrected chi connectivity index (χ3v) is 6.22. The van der Waals surface area contributed by atoms with Crippen molar-refractivity contribution in [3.63, 3.8) is 0 Å². The molecule has 0 saturated heterocycles. The van der Waals surface area contributed by atoms with Gasteiger partial charge in [0.05, 0.1) is 0 Å². The molecule has 0 amide bonds. The Morgan fingerprint density at radius 2 is 2.10 bits per heavy atom. The molecule has 0 spiro atoms. The molecule has 1 aromatic carbocycles. The predicted octanol–water partition coefficient (Wildman–Crippen LogP) is 6.13. The first kappa shape index (κ1) is 19.6. The molecule has 1 fully saturated rings. The zero-order valence-corrected chi connectivity index (χ0v) is 18.0. The maximum absolute atomic E-state index is 6.39. The number of benzene rings is 1. The van der Waals surface area contributed by atoms with Gasteiger partial charge in [0.1, 0.15) is 0 Å². The van der Waals surface area contributed by atoms with E-state index in [1.54, 1.807) is 0 Å². The van der Waals surface area contributed by atoms with Crippen LogP contribution >= 0.6 is 0 Å². The summed E-state index contributed by atoms with van der Waals surface area (Å²) in [6.45, 7) is 9.62. The van der Waals surface area contributed by atoms with E-state index in [1.807, 2.05) is 0 Å². The monoisotopic (exact) mass is 387 g/mol. The molecule has 2 N–H and O–H groups in total. The van der Waals surface area contributed by atoms with Crippen LogP contribution in [-0.2, 0) is 0 Å². The van der Waals surface area contributed by atoms with Crippen molar-refractivity contribution in [3.8, 4) is 0 Å².